The van der Waals surface area contributed by atoms with E-state index in [-0.39, 0.29) is 5.28 Å². The summed E-state index contributed by atoms with van der Waals surface area (Å²) in [6.45, 7) is 5.40. The zero-order valence-corrected chi connectivity index (χ0v) is 14.1. The first-order valence-corrected chi connectivity index (χ1v) is 7.57. The number of hydrogen-bond donors (Lipinski definition) is 0. The van der Waals surface area contributed by atoms with Crippen molar-refractivity contribution >= 4 is 28.6 Å². The van der Waals surface area contributed by atoms with Crippen LogP contribution < -0.4 is 4.74 Å². The number of ether oxygens (including phenoxy) is 2. The van der Waals surface area contributed by atoms with Crippen LogP contribution in [-0.4, -0.2) is 31.4 Å². The summed E-state index contributed by atoms with van der Waals surface area (Å²) in [4.78, 5) is 19.9. The van der Waals surface area contributed by atoms with Gasteiger partial charge >= 0.3 is 6.09 Å². The Morgan fingerprint density at radius 3 is 2.75 bits per heavy atom. The summed E-state index contributed by atoms with van der Waals surface area (Å²) in [6.07, 6.45) is 2.54. The highest BCUT2D eigenvalue weighted by Crippen LogP contribution is 2.25. The third-order valence-electron chi connectivity index (χ3n) is 2.93. The minimum Gasteiger partial charge on any atom is -0.442 e. The highest BCUT2D eigenvalue weighted by molar-refractivity contribution is 6.28. The van der Waals surface area contributed by atoms with Gasteiger partial charge in [-0.25, -0.2) is 9.78 Å². The maximum Gasteiger partial charge on any atom is 0.435 e. The van der Waals surface area contributed by atoms with Gasteiger partial charge in [-0.2, -0.15) is 14.8 Å². The van der Waals surface area contributed by atoms with E-state index in [1.165, 1.54) is 10.9 Å². The van der Waals surface area contributed by atoms with E-state index in [1.54, 1.807) is 51.2 Å². The van der Waals surface area contributed by atoms with Crippen LogP contribution in [0.5, 0.6) is 11.6 Å². The van der Waals surface area contributed by atoms with Crippen molar-refractivity contribution in [2.24, 2.45) is 0 Å². The highest BCUT2D eigenvalue weighted by Gasteiger charge is 2.20. The molecule has 124 valence electrons. The molecule has 0 amide bonds. The lowest BCUT2D eigenvalue weighted by Gasteiger charge is -2.19. The van der Waals surface area contributed by atoms with Gasteiger partial charge in [0.25, 0.3) is 0 Å². The predicted molar refractivity (Wildman–Crippen MR) is 88.5 cm³/mol. The number of carbonyl (C=O) groups is 1. The Morgan fingerprint density at radius 2 is 2.04 bits per heavy atom. The average Bonchev–Trinajstić information content (AvgIpc) is 2.88. The van der Waals surface area contributed by atoms with Crippen LogP contribution in [-0.2, 0) is 4.74 Å². The summed E-state index contributed by atoms with van der Waals surface area (Å²) in [7, 11) is 0. The van der Waals surface area contributed by atoms with Crippen molar-refractivity contribution in [2.75, 3.05) is 0 Å². The van der Waals surface area contributed by atoms with Crippen LogP contribution in [0, 0.1) is 0 Å². The molecule has 0 atom stereocenters. The molecule has 0 spiro atoms. The molecule has 1 aromatic carbocycles. The third kappa shape index (κ3) is 3.62. The van der Waals surface area contributed by atoms with E-state index >= 15 is 0 Å². The second kappa shape index (κ2) is 6.09. The summed E-state index contributed by atoms with van der Waals surface area (Å²) < 4.78 is 12.2. The van der Waals surface area contributed by atoms with Gasteiger partial charge < -0.3 is 9.47 Å². The van der Waals surface area contributed by atoms with Gasteiger partial charge in [0.15, 0.2) is 0 Å². The first kappa shape index (κ1) is 16.2. The molecular formula is C16H15ClN4O3. The fourth-order valence-electron chi connectivity index (χ4n) is 2.02. The Bertz CT molecular complexity index is 902. The number of fused-ring (bicyclic) bond motifs is 1. The Hall–Kier alpha value is -2.67. The zero-order valence-electron chi connectivity index (χ0n) is 13.4. The standard InChI is InChI=1S/C16H15ClN4O3/c1-16(2,3)24-15(22)21-12-5-4-11(8-10(12)9-19-21)23-13-6-7-18-14(17)20-13/h4-9H,1-3H3. The Kier molecular flexibility index (Phi) is 4.11. The maximum atomic E-state index is 12.2. The van der Waals surface area contributed by atoms with Crippen LogP contribution in [0.2, 0.25) is 5.28 Å². The molecule has 0 saturated carbocycles. The molecule has 8 heteroatoms. The van der Waals surface area contributed by atoms with Gasteiger partial charge in [0, 0.05) is 17.6 Å². The lowest BCUT2D eigenvalue weighted by molar-refractivity contribution is 0.0522. The molecule has 3 rings (SSSR count). The third-order valence-corrected chi connectivity index (χ3v) is 3.11. The Morgan fingerprint density at radius 1 is 1.25 bits per heavy atom. The lowest BCUT2D eigenvalue weighted by Crippen LogP contribution is -2.27. The average molecular weight is 347 g/mol. The van der Waals surface area contributed by atoms with Gasteiger partial charge in [0.05, 0.1) is 11.7 Å². The molecule has 3 aromatic rings. The molecule has 0 saturated heterocycles. The predicted octanol–water partition coefficient (Wildman–Crippen LogP) is 4.06. The Labute approximate surface area is 143 Å². The molecule has 2 aromatic heterocycles. The largest absolute Gasteiger partial charge is 0.442 e. The smallest absolute Gasteiger partial charge is 0.435 e. The number of carbonyl (C=O) groups excluding carboxylic acids is 1. The van der Waals surface area contributed by atoms with Gasteiger partial charge in [-0.1, -0.05) is 0 Å². The van der Waals surface area contributed by atoms with E-state index in [0.29, 0.717) is 17.1 Å². The number of nitrogens with zero attached hydrogens (tertiary/aromatic N) is 4. The second-order valence-electron chi connectivity index (χ2n) is 6.02. The van der Waals surface area contributed by atoms with E-state index in [4.69, 9.17) is 21.1 Å². The molecule has 0 unspecified atom stereocenters. The van der Waals surface area contributed by atoms with Gasteiger partial charge in [0.1, 0.15) is 11.4 Å². The van der Waals surface area contributed by atoms with E-state index < -0.39 is 11.7 Å². The first-order valence-electron chi connectivity index (χ1n) is 7.19. The topological polar surface area (TPSA) is 79.1 Å². The van der Waals surface area contributed by atoms with Crippen LogP contribution in [0.4, 0.5) is 4.79 Å². The molecule has 0 radical (unpaired) electrons. The van der Waals surface area contributed by atoms with Crippen LogP contribution in [0.25, 0.3) is 10.9 Å². The van der Waals surface area contributed by atoms with Crippen LogP contribution in [0.15, 0.2) is 36.7 Å². The van der Waals surface area contributed by atoms with E-state index in [2.05, 4.69) is 15.1 Å². The molecule has 24 heavy (non-hydrogen) atoms. The number of benzene rings is 1. The summed E-state index contributed by atoms with van der Waals surface area (Å²) in [5.41, 5.74) is 0.0299. The molecule has 7 nitrogen and oxygen atoms in total. The van der Waals surface area contributed by atoms with E-state index in [1.807, 2.05) is 0 Å². The van der Waals surface area contributed by atoms with Crippen molar-refractivity contribution in [1.82, 2.24) is 19.7 Å². The first-order chi connectivity index (χ1) is 11.3. The molecule has 0 aliphatic heterocycles. The van der Waals surface area contributed by atoms with Crippen molar-refractivity contribution in [3.05, 3.63) is 41.9 Å². The van der Waals surface area contributed by atoms with Gasteiger partial charge in [-0.3, -0.25) is 0 Å². The van der Waals surface area contributed by atoms with Crippen molar-refractivity contribution in [1.29, 1.82) is 0 Å². The van der Waals surface area contributed by atoms with Gasteiger partial charge in [0.2, 0.25) is 11.2 Å². The second-order valence-corrected chi connectivity index (χ2v) is 6.36. The van der Waals surface area contributed by atoms with Crippen molar-refractivity contribution in [3.63, 3.8) is 0 Å². The molecule has 0 N–H and O–H groups in total. The number of halogens is 1. The fraction of sp³-hybridized carbons (Fsp3) is 0.250. The molecule has 0 aliphatic rings. The van der Waals surface area contributed by atoms with Gasteiger partial charge in [-0.15, -0.1) is 0 Å². The lowest BCUT2D eigenvalue weighted by atomic mass is 10.2. The number of rotatable bonds is 2. The summed E-state index contributed by atoms with van der Waals surface area (Å²) in [6, 6.07) is 6.78. The molecule has 2 heterocycles. The van der Waals surface area contributed by atoms with E-state index in [0.717, 1.165) is 5.39 Å². The summed E-state index contributed by atoms with van der Waals surface area (Å²) in [5.74, 6) is 0.870. The van der Waals surface area contributed by atoms with Crippen LogP contribution >= 0.6 is 11.6 Å². The highest BCUT2D eigenvalue weighted by atomic mass is 35.5. The normalized spacial score (nSPS) is 11.5. The van der Waals surface area contributed by atoms with E-state index in [9.17, 15) is 4.79 Å². The number of aromatic nitrogens is 4. The quantitative estimate of drug-likeness (QED) is 0.651. The van der Waals surface area contributed by atoms with Crippen LogP contribution in [0.3, 0.4) is 0 Å². The Balaban J connectivity index is 1.87. The molecule has 0 aliphatic carbocycles. The minimum absolute atomic E-state index is 0.103. The zero-order chi connectivity index (χ0) is 17.3. The summed E-state index contributed by atoms with van der Waals surface area (Å²) >= 11 is 5.73. The number of hydrogen-bond acceptors (Lipinski definition) is 6. The van der Waals surface area contributed by atoms with Gasteiger partial charge in [-0.05, 0) is 50.6 Å². The molecular weight excluding hydrogens is 332 g/mol. The van der Waals surface area contributed by atoms with Crippen molar-refractivity contribution in [2.45, 2.75) is 26.4 Å². The molecule has 0 fully saturated rings. The fourth-order valence-corrected chi connectivity index (χ4v) is 2.16. The molecule has 0 bridgehead atoms. The minimum atomic E-state index is -0.593. The van der Waals surface area contributed by atoms with Crippen LogP contribution in [0.1, 0.15) is 20.8 Å². The summed E-state index contributed by atoms with van der Waals surface area (Å²) in [5, 5.41) is 4.92. The monoisotopic (exact) mass is 346 g/mol. The maximum absolute atomic E-state index is 12.2. The SMILES string of the molecule is CC(C)(C)OC(=O)n1ncc2cc(Oc3ccnc(Cl)n3)ccc21. The van der Waals surface area contributed by atoms with Crippen molar-refractivity contribution in [3.8, 4) is 11.6 Å². The van der Waals surface area contributed by atoms with Crippen molar-refractivity contribution < 1.29 is 14.3 Å².